The van der Waals surface area contributed by atoms with E-state index in [2.05, 4.69) is 24.4 Å². The van der Waals surface area contributed by atoms with Crippen LogP contribution < -0.4 is 5.32 Å². The van der Waals surface area contributed by atoms with E-state index in [4.69, 9.17) is 0 Å². The molecule has 1 atom stereocenters. The van der Waals surface area contributed by atoms with E-state index in [0.717, 1.165) is 22.4 Å². The molecule has 1 amide bonds. The number of amides is 1. The molecule has 2 nitrogen and oxygen atoms in total. The average Bonchev–Trinajstić information content (AvgIpc) is 2.53. The summed E-state index contributed by atoms with van der Waals surface area (Å²) in [6, 6.07) is 17.8. The van der Waals surface area contributed by atoms with Gasteiger partial charge in [0.15, 0.2) is 0 Å². The molecule has 0 fully saturated rings. The van der Waals surface area contributed by atoms with Crippen LogP contribution in [0, 0.1) is 0 Å². The van der Waals surface area contributed by atoms with Crippen LogP contribution >= 0.6 is 11.8 Å². The van der Waals surface area contributed by atoms with Crippen molar-refractivity contribution in [3.8, 4) is 0 Å². The van der Waals surface area contributed by atoms with Gasteiger partial charge in [-0.1, -0.05) is 49.4 Å². The molecule has 2 aromatic rings. The fraction of sp³-hybridized carbons (Fsp3) is 0.235. The molecule has 0 aliphatic heterocycles. The predicted molar refractivity (Wildman–Crippen MR) is 85.2 cm³/mol. The summed E-state index contributed by atoms with van der Waals surface area (Å²) in [5.41, 5.74) is 1.89. The molecule has 3 heteroatoms. The lowest BCUT2D eigenvalue weighted by atomic mass is 10.0. The van der Waals surface area contributed by atoms with Crippen LogP contribution in [0.4, 0.5) is 0 Å². The molecular weight excluding hydrogens is 266 g/mol. The Kier molecular flexibility index (Phi) is 5.24. The van der Waals surface area contributed by atoms with Gasteiger partial charge in [-0.2, -0.15) is 0 Å². The molecule has 0 aliphatic carbocycles. The molecule has 0 aliphatic rings. The Bertz CT molecular complexity index is 568. The molecule has 104 valence electrons. The summed E-state index contributed by atoms with van der Waals surface area (Å²) in [6.45, 7) is 2.08. The zero-order valence-corrected chi connectivity index (χ0v) is 12.6. The van der Waals surface area contributed by atoms with Crippen LogP contribution in [-0.2, 0) is 0 Å². The summed E-state index contributed by atoms with van der Waals surface area (Å²) in [7, 11) is 0. The molecule has 0 saturated carbocycles. The summed E-state index contributed by atoms with van der Waals surface area (Å²) < 4.78 is 0. The van der Waals surface area contributed by atoms with Gasteiger partial charge in [-0.3, -0.25) is 4.79 Å². The number of hydrogen-bond donors (Lipinski definition) is 1. The lowest BCUT2D eigenvalue weighted by molar-refractivity contribution is 0.0932. The van der Waals surface area contributed by atoms with E-state index in [1.54, 1.807) is 11.8 Å². The molecule has 2 aromatic carbocycles. The number of carbonyl (C=O) groups is 1. The second-order valence-electron chi connectivity index (χ2n) is 4.55. The highest BCUT2D eigenvalue weighted by atomic mass is 32.2. The Balaban J connectivity index is 2.18. The number of hydrogen-bond acceptors (Lipinski definition) is 2. The molecule has 20 heavy (non-hydrogen) atoms. The summed E-state index contributed by atoms with van der Waals surface area (Å²) in [4.78, 5) is 13.4. The minimum absolute atomic E-state index is 0.00865. The maximum absolute atomic E-state index is 12.4. The van der Waals surface area contributed by atoms with Crippen molar-refractivity contribution in [2.45, 2.75) is 24.3 Å². The number of thioether (sulfide) groups is 1. The quantitative estimate of drug-likeness (QED) is 0.830. The molecule has 0 saturated heterocycles. The number of benzene rings is 2. The van der Waals surface area contributed by atoms with Crippen LogP contribution in [-0.4, -0.2) is 12.2 Å². The highest BCUT2D eigenvalue weighted by molar-refractivity contribution is 7.98. The van der Waals surface area contributed by atoms with Crippen molar-refractivity contribution in [3.63, 3.8) is 0 Å². The SMILES string of the molecule is CC[C@H](NC(=O)c1ccccc1SC)c1ccccc1. The number of carbonyl (C=O) groups excluding carboxylic acids is 1. The minimum atomic E-state index is -0.00865. The van der Waals surface area contributed by atoms with E-state index in [9.17, 15) is 4.79 Å². The van der Waals surface area contributed by atoms with E-state index in [1.807, 2.05) is 48.7 Å². The van der Waals surface area contributed by atoms with Gasteiger partial charge in [-0.05, 0) is 30.4 Å². The Labute approximate surface area is 124 Å². The molecule has 0 radical (unpaired) electrons. The van der Waals surface area contributed by atoms with Crippen LogP contribution in [0.25, 0.3) is 0 Å². The van der Waals surface area contributed by atoms with E-state index >= 15 is 0 Å². The third kappa shape index (κ3) is 3.42. The van der Waals surface area contributed by atoms with Crippen molar-refractivity contribution < 1.29 is 4.79 Å². The summed E-state index contributed by atoms with van der Waals surface area (Å²) in [5.74, 6) is -0.00865. The van der Waals surface area contributed by atoms with Gasteiger partial charge in [0.2, 0.25) is 0 Å². The molecule has 0 spiro atoms. The van der Waals surface area contributed by atoms with Gasteiger partial charge in [0.05, 0.1) is 11.6 Å². The van der Waals surface area contributed by atoms with Crippen molar-refractivity contribution in [2.75, 3.05) is 6.26 Å². The summed E-state index contributed by atoms with van der Waals surface area (Å²) in [5, 5.41) is 3.12. The molecular formula is C17H19NOS. The number of rotatable bonds is 5. The Morgan fingerprint density at radius 3 is 2.40 bits per heavy atom. The Morgan fingerprint density at radius 2 is 1.75 bits per heavy atom. The van der Waals surface area contributed by atoms with Crippen LogP contribution in [0.1, 0.15) is 35.3 Å². The van der Waals surface area contributed by atoms with E-state index < -0.39 is 0 Å². The predicted octanol–water partition coefficient (Wildman–Crippen LogP) is 4.29. The average molecular weight is 285 g/mol. The Hall–Kier alpha value is -1.74. The topological polar surface area (TPSA) is 29.1 Å². The smallest absolute Gasteiger partial charge is 0.252 e. The molecule has 0 bridgehead atoms. The standard InChI is InChI=1S/C17H19NOS/c1-3-15(13-9-5-4-6-10-13)18-17(19)14-11-7-8-12-16(14)20-2/h4-12,15H,3H2,1-2H3,(H,18,19)/t15-/m0/s1. The van der Waals surface area contributed by atoms with Gasteiger partial charge in [-0.25, -0.2) is 0 Å². The van der Waals surface area contributed by atoms with E-state index in [1.165, 1.54) is 0 Å². The third-order valence-electron chi connectivity index (χ3n) is 3.27. The van der Waals surface area contributed by atoms with Crippen molar-refractivity contribution in [1.29, 1.82) is 0 Å². The second-order valence-corrected chi connectivity index (χ2v) is 5.39. The maximum atomic E-state index is 12.4. The molecule has 2 rings (SSSR count). The van der Waals surface area contributed by atoms with E-state index in [-0.39, 0.29) is 11.9 Å². The fourth-order valence-corrected chi connectivity index (χ4v) is 2.77. The van der Waals surface area contributed by atoms with Gasteiger partial charge in [0.1, 0.15) is 0 Å². The zero-order chi connectivity index (χ0) is 14.4. The first-order valence-electron chi connectivity index (χ1n) is 6.75. The lowest BCUT2D eigenvalue weighted by Gasteiger charge is -2.18. The first-order valence-corrected chi connectivity index (χ1v) is 7.97. The summed E-state index contributed by atoms with van der Waals surface area (Å²) >= 11 is 1.59. The van der Waals surface area contributed by atoms with Crippen molar-refractivity contribution in [2.24, 2.45) is 0 Å². The van der Waals surface area contributed by atoms with Gasteiger partial charge >= 0.3 is 0 Å². The second kappa shape index (κ2) is 7.15. The number of nitrogens with one attached hydrogen (secondary N) is 1. The van der Waals surface area contributed by atoms with E-state index in [0.29, 0.717) is 0 Å². The zero-order valence-electron chi connectivity index (χ0n) is 11.8. The first-order chi connectivity index (χ1) is 9.76. The highest BCUT2D eigenvalue weighted by Crippen LogP contribution is 2.22. The highest BCUT2D eigenvalue weighted by Gasteiger charge is 2.15. The van der Waals surface area contributed by atoms with Crippen LogP contribution in [0.3, 0.4) is 0 Å². The lowest BCUT2D eigenvalue weighted by Crippen LogP contribution is -2.28. The van der Waals surface area contributed by atoms with Gasteiger partial charge in [0, 0.05) is 4.90 Å². The minimum Gasteiger partial charge on any atom is -0.345 e. The van der Waals surface area contributed by atoms with Gasteiger partial charge in [-0.15, -0.1) is 11.8 Å². The van der Waals surface area contributed by atoms with Crippen LogP contribution in [0.5, 0.6) is 0 Å². The molecule has 1 N–H and O–H groups in total. The Morgan fingerprint density at radius 1 is 1.10 bits per heavy atom. The molecule has 0 heterocycles. The molecule has 0 unspecified atom stereocenters. The van der Waals surface area contributed by atoms with Gasteiger partial charge in [0.25, 0.3) is 5.91 Å². The van der Waals surface area contributed by atoms with Crippen molar-refractivity contribution in [3.05, 3.63) is 65.7 Å². The third-order valence-corrected chi connectivity index (χ3v) is 4.06. The largest absolute Gasteiger partial charge is 0.345 e. The first kappa shape index (κ1) is 14.7. The van der Waals surface area contributed by atoms with Gasteiger partial charge < -0.3 is 5.32 Å². The molecule has 0 aromatic heterocycles. The van der Waals surface area contributed by atoms with Crippen LogP contribution in [0.15, 0.2) is 59.5 Å². The van der Waals surface area contributed by atoms with Crippen molar-refractivity contribution in [1.82, 2.24) is 5.32 Å². The van der Waals surface area contributed by atoms with Crippen molar-refractivity contribution >= 4 is 17.7 Å². The van der Waals surface area contributed by atoms with Crippen LogP contribution in [0.2, 0.25) is 0 Å². The fourth-order valence-electron chi connectivity index (χ4n) is 2.17. The maximum Gasteiger partial charge on any atom is 0.252 e. The summed E-state index contributed by atoms with van der Waals surface area (Å²) in [6.07, 6.45) is 2.86. The normalized spacial score (nSPS) is 11.9. The monoisotopic (exact) mass is 285 g/mol.